The summed E-state index contributed by atoms with van der Waals surface area (Å²) in [6.45, 7) is 0. The Morgan fingerprint density at radius 1 is 1.11 bits per heavy atom. The average molecular weight is 274 g/mol. The molecule has 0 aromatic heterocycles. The van der Waals surface area contributed by atoms with Gasteiger partial charge in [-0.25, -0.2) is 0 Å². The van der Waals surface area contributed by atoms with Gasteiger partial charge in [0.05, 0.1) is 5.92 Å². The molecule has 18 heavy (non-hydrogen) atoms. The zero-order valence-corrected chi connectivity index (χ0v) is 10.5. The third-order valence-electron chi connectivity index (χ3n) is 2.53. The molecule has 0 aliphatic heterocycles. The summed E-state index contributed by atoms with van der Waals surface area (Å²) < 4.78 is 0. The standard InChI is InChI=1S/C12H15NO4.ClH/c13-10(12(16)17)7-9(11(14)15)6-8-4-2-1-3-5-8;/h1-5,9-10H,6-7,13H2,(H,14,15)(H,16,17);1H. The molecule has 0 saturated carbocycles. The predicted octanol–water partition coefficient (Wildman–Crippen LogP) is 1.15. The van der Waals surface area contributed by atoms with E-state index in [0.717, 1.165) is 5.56 Å². The van der Waals surface area contributed by atoms with E-state index in [9.17, 15) is 9.59 Å². The first-order chi connectivity index (χ1) is 8.00. The largest absolute Gasteiger partial charge is 0.481 e. The molecule has 0 spiro atoms. The van der Waals surface area contributed by atoms with Crippen LogP contribution in [0, 0.1) is 5.92 Å². The quantitative estimate of drug-likeness (QED) is 0.722. The summed E-state index contributed by atoms with van der Waals surface area (Å²) in [5.41, 5.74) is 6.20. The summed E-state index contributed by atoms with van der Waals surface area (Å²) >= 11 is 0. The van der Waals surface area contributed by atoms with Crippen molar-refractivity contribution in [2.24, 2.45) is 11.7 Å². The number of halogens is 1. The Kier molecular flexibility index (Phi) is 7.00. The molecule has 100 valence electrons. The third-order valence-corrected chi connectivity index (χ3v) is 2.53. The molecule has 1 aromatic carbocycles. The molecule has 0 radical (unpaired) electrons. The minimum Gasteiger partial charge on any atom is -0.481 e. The van der Waals surface area contributed by atoms with Gasteiger partial charge in [-0.2, -0.15) is 0 Å². The Bertz CT molecular complexity index is 396. The van der Waals surface area contributed by atoms with E-state index in [4.69, 9.17) is 15.9 Å². The molecule has 0 bridgehead atoms. The van der Waals surface area contributed by atoms with Crippen molar-refractivity contribution in [1.82, 2.24) is 0 Å². The fourth-order valence-electron chi connectivity index (χ4n) is 1.58. The first-order valence-electron chi connectivity index (χ1n) is 5.26. The van der Waals surface area contributed by atoms with Crippen molar-refractivity contribution in [3.8, 4) is 0 Å². The van der Waals surface area contributed by atoms with Gasteiger partial charge in [0.1, 0.15) is 6.04 Å². The van der Waals surface area contributed by atoms with Gasteiger partial charge < -0.3 is 15.9 Å². The number of hydrogen-bond acceptors (Lipinski definition) is 3. The fourth-order valence-corrected chi connectivity index (χ4v) is 1.58. The molecule has 1 rings (SSSR count). The number of nitrogens with two attached hydrogens (primary N) is 1. The molecule has 0 aliphatic rings. The number of aliphatic carboxylic acids is 2. The highest BCUT2D eigenvalue weighted by Crippen LogP contribution is 2.14. The topological polar surface area (TPSA) is 101 Å². The van der Waals surface area contributed by atoms with Crippen LogP contribution in [0.15, 0.2) is 30.3 Å². The zero-order valence-electron chi connectivity index (χ0n) is 9.65. The van der Waals surface area contributed by atoms with E-state index in [-0.39, 0.29) is 25.2 Å². The zero-order chi connectivity index (χ0) is 12.8. The van der Waals surface area contributed by atoms with Crippen LogP contribution in [0.25, 0.3) is 0 Å². The highest BCUT2D eigenvalue weighted by Gasteiger charge is 2.24. The lowest BCUT2D eigenvalue weighted by Gasteiger charge is -2.14. The monoisotopic (exact) mass is 273 g/mol. The summed E-state index contributed by atoms with van der Waals surface area (Å²) in [6.07, 6.45) is 0.219. The van der Waals surface area contributed by atoms with Gasteiger partial charge in [0.2, 0.25) is 0 Å². The van der Waals surface area contributed by atoms with Crippen molar-refractivity contribution in [2.45, 2.75) is 18.9 Å². The van der Waals surface area contributed by atoms with Crippen LogP contribution < -0.4 is 5.73 Å². The smallest absolute Gasteiger partial charge is 0.320 e. The Labute approximate surface area is 111 Å². The highest BCUT2D eigenvalue weighted by atomic mass is 35.5. The summed E-state index contributed by atoms with van der Waals surface area (Å²) in [7, 11) is 0. The normalized spacial score (nSPS) is 13.2. The van der Waals surface area contributed by atoms with Gasteiger partial charge in [-0.3, -0.25) is 9.59 Å². The Hall–Kier alpha value is -1.59. The van der Waals surface area contributed by atoms with E-state index in [2.05, 4.69) is 0 Å². The van der Waals surface area contributed by atoms with Crippen LogP contribution in [0.4, 0.5) is 0 Å². The van der Waals surface area contributed by atoms with Crippen molar-refractivity contribution in [3.63, 3.8) is 0 Å². The van der Waals surface area contributed by atoms with E-state index in [1.807, 2.05) is 30.3 Å². The van der Waals surface area contributed by atoms with E-state index in [1.54, 1.807) is 0 Å². The molecule has 0 aliphatic carbocycles. The summed E-state index contributed by atoms with van der Waals surface area (Å²) in [6, 6.07) is 7.93. The Morgan fingerprint density at radius 2 is 1.67 bits per heavy atom. The number of benzene rings is 1. The Morgan fingerprint density at radius 3 is 2.11 bits per heavy atom. The molecule has 4 N–H and O–H groups in total. The molecule has 0 amide bonds. The molecule has 0 fully saturated rings. The minimum absolute atomic E-state index is 0. The van der Waals surface area contributed by atoms with Crippen LogP contribution in [0.2, 0.25) is 0 Å². The lowest BCUT2D eigenvalue weighted by atomic mass is 9.93. The second-order valence-electron chi connectivity index (χ2n) is 3.91. The molecular weight excluding hydrogens is 258 g/mol. The molecule has 0 heterocycles. The van der Waals surface area contributed by atoms with Gasteiger partial charge in [0.25, 0.3) is 0 Å². The minimum atomic E-state index is -1.18. The second kappa shape index (κ2) is 7.68. The van der Waals surface area contributed by atoms with Crippen molar-refractivity contribution < 1.29 is 19.8 Å². The van der Waals surface area contributed by atoms with Gasteiger partial charge in [-0.15, -0.1) is 12.4 Å². The van der Waals surface area contributed by atoms with Crippen LogP contribution in [-0.4, -0.2) is 28.2 Å². The van der Waals surface area contributed by atoms with E-state index in [0.29, 0.717) is 0 Å². The van der Waals surface area contributed by atoms with Crippen LogP contribution in [0.5, 0.6) is 0 Å². The van der Waals surface area contributed by atoms with Crippen LogP contribution in [0.3, 0.4) is 0 Å². The molecule has 0 saturated heterocycles. The molecule has 6 heteroatoms. The maximum Gasteiger partial charge on any atom is 0.320 e. The van der Waals surface area contributed by atoms with E-state index in [1.165, 1.54) is 0 Å². The third kappa shape index (κ3) is 5.16. The molecule has 5 nitrogen and oxygen atoms in total. The van der Waals surface area contributed by atoms with Gasteiger partial charge in [0.15, 0.2) is 0 Å². The van der Waals surface area contributed by atoms with Crippen molar-refractivity contribution in [3.05, 3.63) is 35.9 Å². The second-order valence-corrected chi connectivity index (χ2v) is 3.91. The first kappa shape index (κ1) is 16.4. The number of hydrogen-bond donors (Lipinski definition) is 3. The van der Waals surface area contributed by atoms with Crippen LogP contribution >= 0.6 is 12.4 Å². The Balaban J connectivity index is 0.00000289. The number of rotatable bonds is 6. The summed E-state index contributed by atoms with van der Waals surface area (Å²) in [5, 5.41) is 17.7. The van der Waals surface area contributed by atoms with Gasteiger partial charge in [-0.05, 0) is 18.4 Å². The molecule has 1 aromatic rings. The lowest BCUT2D eigenvalue weighted by Crippen LogP contribution is -2.35. The first-order valence-corrected chi connectivity index (χ1v) is 5.26. The number of carboxylic acid groups (broad SMARTS) is 2. The summed E-state index contributed by atoms with van der Waals surface area (Å²) in [4.78, 5) is 21.6. The predicted molar refractivity (Wildman–Crippen MR) is 68.7 cm³/mol. The molecule has 2 atom stereocenters. The van der Waals surface area contributed by atoms with Gasteiger partial charge in [0, 0.05) is 0 Å². The van der Waals surface area contributed by atoms with Gasteiger partial charge in [-0.1, -0.05) is 30.3 Å². The lowest BCUT2D eigenvalue weighted by molar-refractivity contribution is -0.143. The van der Waals surface area contributed by atoms with Crippen LogP contribution in [0.1, 0.15) is 12.0 Å². The van der Waals surface area contributed by atoms with E-state index >= 15 is 0 Å². The fraction of sp³-hybridized carbons (Fsp3) is 0.333. The van der Waals surface area contributed by atoms with Crippen LogP contribution in [-0.2, 0) is 16.0 Å². The van der Waals surface area contributed by atoms with Gasteiger partial charge >= 0.3 is 11.9 Å². The maximum atomic E-state index is 11.0. The molecular formula is C12H16ClNO4. The number of carbonyl (C=O) groups is 2. The maximum absolute atomic E-state index is 11.0. The van der Waals surface area contributed by atoms with Crippen molar-refractivity contribution in [1.29, 1.82) is 0 Å². The van der Waals surface area contributed by atoms with E-state index < -0.39 is 23.9 Å². The molecule has 2 unspecified atom stereocenters. The summed E-state index contributed by atoms with van der Waals surface area (Å²) in [5.74, 6) is -2.97. The number of carboxylic acids is 2. The average Bonchev–Trinajstić information content (AvgIpc) is 2.29. The highest BCUT2D eigenvalue weighted by molar-refractivity contribution is 5.85. The SMILES string of the molecule is Cl.NC(CC(Cc1ccccc1)C(=O)O)C(=O)O. The van der Waals surface area contributed by atoms with Crippen molar-refractivity contribution in [2.75, 3.05) is 0 Å². The van der Waals surface area contributed by atoms with Crippen molar-refractivity contribution >= 4 is 24.3 Å².